The maximum absolute atomic E-state index is 14.5. The number of nitrogens with one attached hydrogen (secondary N) is 1. The molecule has 42 heavy (non-hydrogen) atoms. The molecule has 1 unspecified atom stereocenters. The van der Waals surface area contributed by atoms with Gasteiger partial charge in [0.1, 0.15) is 23.2 Å². The van der Waals surface area contributed by atoms with Gasteiger partial charge in [0.25, 0.3) is 0 Å². The number of nitrogens with zero attached hydrogens (tertiary/aromatic N) is 7. The van der Waals surface area contributed by atoms with Crippen molar-refractivity contribution in [2.45, 2.75) is 50.5 Å². The minimum Gasteiger partial charge on any atom is -0.444 e. The summed E-state index contributed by atoms with van der Waals surface area (Å²) in [6.07, 6.45) is 1.29. The Morgan fingerprint density at radius 3 is 2.45 bits per heavy atom. The number of alkyl carbamates (subject to hydrolysis) is 1. The fourth-order valence-electron chi connectivity index (χ4n) is 3.56. The molecule has 15 heteroatoms. The van der Waals surface area contributed by atoms with E-state index >= 15 is 0 Å². The number of hydrogen-bond donors (Lipinski definition) is 1. The second-order valence-corrected chi connectivity index (χ2v) is 12.4. The monoisotopic (exact) mass is 600 g/mol. The van der Waals surface area contributed by atoms with E-state index < -0.39 is 33.6 Å². The van der Waals surface area contributed by atoms with E-state index in [1.54, 1.807) is 57.2 Å². The lowest BCUT2D eigenvalue weighted by Crippen LogP contribution is -2.32. The molecule has 0 saturated carbocycles. The van der Waals surface area contributed by atoms with Gasteiger partial charge in [-0.15, -0.1) is 5.10 Å². The van der Waals surface area contributed by atoms with Crippen molar-refractivity contribution < 1.29 is 27.1 Å². The van der Waals surface area contributed by atoms with Crippen LogP contribution in [0.15, 0.2) is 76.6 Å². The molecule has 3 rings (SSSR count). The molecule has 0 bridgehead atoms. The van der Waals surface area contributed by atoms with Gasteiger partial charge in [-0.2, -0.15) is 0 Å². The van der Waals surface area contributed by atoms with Gasteiger partial charge < -0.3 is 14.8 Å². The molecule has 1 amide bonds. The predicted molar refractivity (Wildman–Crippen MR) is 153 cm³/mol. The van der Waals surface area contributed by atoms with Gasteiger partial charge in [-0.3, -0.25) is 0 Å². The molecular formula is C27H33FN8O5S. The van der Waals surface area contributed by atoms with E-state index in [1.807, 2.05) is 0 Å². The molecule has 0 spiro atoms. The number of azide groups is 1. The number of aromatic nitrogens is 3. The molecular weight excluding hydrogens is 567 g/mol. The van der Waals surface area contributed by atoms with Crippen LogP contribution in [-0.4, -0.2) is 60.1 Å². The van der Waals surface area contributed by atoms with Gasteiger partial charge in [-0.1, -0.05) is 46.7 Å². The Bertz CT molecular complexity index is 1540. The van der Waals surface area contributed by atoms with Gasteiger partial charge in [0, 0.05) is 31.2 Å². The highest BCUT2D eigenvalue weighted by molar-refractivity contribution is 7.89. The molecule has 1 heterocycles. The molecule has 13 nitrogen and oxygen atoms in total. The Morgan fingerprint density at radius 2 is 1.86 bits per heavy atom. The highest BCUT2D eigenvalue weighted by Gasteiger charge is 2.22. The van der Waals surface area contributed by atoms with Crippen LogP contribution in [0.25, 0.3) is 10.4 Å². The number of ether oxygens (including phenoxy) is 2. The Labute approximate surface area is 243 Å². The molecule has 0 fully saturated rings. The number of carbonyl (C=O) groups is 1. The van der Waals surface area contributed by atoms with Gasteiger partial charge in [0.05, 0.1) is 24.2 Å². The van der Waals surface area contributed by atoms with Gasteiger partial charge in [0.15, 0.2) is 0 Å². The summed E-state index contributed by atoms with van der Waals surface area (Å²) in [5, 5.41) is 14.2. The molecule has 0 saturated heterocycles. The third kappa shape index (κ3) is 9.38. The molecule has 0 aliphatic carbocycles. The first-order chi connectivity index (χ1) is 19.8. The fourth-order valence-corrected chi connectivity index (χ4v) is 4.46. The van der Waals surface area contributed by atoms with Crippen molar-refractivity contribution in [2.24, 2.45) is 5.11 Å². The summed E-state index contributed by atoms with van der Waals surface area (Å²) in [5.41, 5.74) is 10.1. The Hall–Kier alpha value is -4.30. The standard InChI is InChI=1S/C27H33FN8O5S/c1-27(2,3)41-26(37)30-15-14-21(28)16-36-17-24(32-34-36)25(40-18-19-6-10-22(11-7-19)31-33-29)20-8-12-23(13-9-20)42(38,39)35(4)5/h6-14,17,25H,15-16,18H2,1-5H3,(H,30,37)/b21-14-. The second kappa shape index (κ2) is 14.0. The second-order valence-electron chi connectivity index (χ2n) is 10.3. The van der Waals surface area contributed by atoms with Crippen LogP contribution in [0.3, 0.4) is 0 Å². The lowest BCUT2D eigenvalue weighted by atomic mass is 10.1. The third-order valence-electron chi connectivity index (χ3n) is 5.58. The van der Waals surface area contributed by atoms with E-state index in [1.165, 1.54) is 43.2 Å². The van der Waals surface area contributed by atoms with Crippen molar-refractivity contribution in [3.63, 3.8) is 0 Å². The zero-order valence-corrected chi connectivity index (χ0v) is 24.7. The number of halogens is 1. The van der Waals surface area contributed by atoms with Crippen molar-refractivity contribution in [2.75, 3.05) is 20.6 Å². The predicted octanol–water partition coefficient (Wildman–Crippen LogP) is 5.15. The number of carbonyl (C=O) groups excluding carboxylic acids is 1. The van der Waals surface area contributed by atoms with Gasteiger partial charge in [-0.25, -0.2) is 26.6 Å². The van der Waals surface area contributed by atoms with Crippen molar-refractivity contribution in [1.29, 1.82) is 0 Å². The normalized spacial score (nSPS) is 13.0. The van der Waals surface area contributed by atoms with Crippen LogP contribution in [-0.2, 0) is 32.6 Å². The first-order valence-corrected chi connectivity index (χ1v) is 14.2. The fraction of sp³-hybridized carbons (Fsp3) is 0.370. The lowest BCUT2D eigenvalue weighted by Gasteiger charge is -2.19. The highest BCUT2D eigenvalue weighted by atomic mass is 32.2. The van der Waals surface area contributed by atoms with Crippen LogP contribution in [0.4, 0.5) is 14.9 Å². The van der Waals surface area contributed by atoms with Crippen molar-refractivity contribution in [3.8, 4) is 0 Å². The quantitative estimate of drug-likeness (QED) is 0.170. The molecule has 0 aliphatic rings. The summed E-state index contributed by atoms with van der Waals surface area (Å²) in [4.78, 5) is 14.6. The number of amides is 1. The smallest absolute Gasteiger partial charge is 0.407 e. The van der Waals surface area contributed by atoms with Crippen LogP contribution in [0.2, 0.25) is 0 Å². The average molecular weight is 601 g/mol. The molecule has 3 aromatic rings. The Balaban J connectivity index is 1.78. The molecule has 224 valence electrons. The zero-order chi connectivity index (χ0) is 30.9. The minimum atomic E-state index is -3.64. The molecule has 1 aromatic heterocycles. The SMILES string of the molecule is CN(C)S(=O)(=O)c1ccc(C(OCc2ccc(N=[N+]=[N-])cc2)c2cn(C/C(F)=C/CNC(=O)OC(C)(C)C)nn2)cc1. The van der Waals surface area contributed by atoms with Crippen molar-refractivity contribution >= 4 is 21.8 Å². The Kier molecular flexibility index (Phi) is 10.8. The first-order valence-electron chi connectivity index (χ1n) is 12.8. The number of benzene rings is 2. The maximum Gasteiger partial charge on any atom is 0.407 e. The maximum atomic E-state index is 14.5. The number of allylic oxidation sites excluding steroid dienone is 1. The topological polar surface area (TPSA) is 164 Å². The van der Waals surface area contributed by atoms with E-state index in [0.29, 0.717) is 16.9 Å². The number of sulfonamides is 1. The zero-order valence-electron chi connectivity index (χ0n) is 23.9. The van der Waals surface area contributed by atoms with Crippen LogP contribution >= 0.6 is 0 Å². The van der Waals surface area contributed by atoms with Crippen LogP contribution in [0, 0.1) is 0 Å². The van der Waals surface area contributed by atoms with Crippen LogP contribution in [0.1, 0.15) is 43.7 Å². The summed E-state index contributed by atoms with van der Waals surface area (Å²) in [6, 6.07) is 13.0. The molecule has 1 atom stereocenters. The molecule has 0 radical (unpaired) electrons. The molecule has 2 aromatic carbocycles. The van der Waals surface area contributed by atoms with Crippen molar-refractivity contribution in [1.82, 2.24) is 24.6 Å². The first kappa shape index (κ1) is 32.2. The number of hydrogen-bond acceptors (Lipinski definition) is 8. The summed E-state index contributed by atoms with van der Waals surface area (Å²) >= 11 is 0. The highest BCUT2D eigenvalue weighted by Crippen LogP contribution is 2.28. The van der Waals surface area contributed by atoms with Crippen molar-refractivity contribution in [3.05, 3.63) is 93.9 Å². The van der Waals surface area contributed by atoms with Gasteiger partial charge in [0.2, 0.25) is 10.0 Å². The van der Waals surface area contributed by atoms with E-state index in [2.05, 4.69) is 25.7 Å². The largest absolute Gasteiger partial charge is 0.444 e. The summed E-state index contributed by atoms with van der Waals surface area (Å²) in [7, 11) is -0.743. The molecule has 1 N–H and O–H groups in total. The minimum absolute atomic E-state index is 0.0747. The summed E-state index contributed by atoms with van der Waals surface area (Å²) in [6.45, 7) is 5.00. The third-order valence-corrected chi connectivity index (χ3v) is 7.41. The number of rotatable bonds is 12. The summed E-state index contributed by atoms with van der Waals surface area (Å²) in [5.74, 6) is -0.557. The van der Waals surface area contributed by atoms with Crippen LogP contribution in [0.5, 0.6) is 0 Å². The Morgan fingerprint density at radius 1 is 1.19 bits per heavy atom. The van der Waals surface area contributed by atoms with Crippen LogP contribution < -0.4 is 5.32 Å². The van der Waals surface area contributed by atoms with Gasteiger partial charge in [-0.05, 0) is 55.6 Å². The van der Waals surface area contributed by atoms with E-state index in [9.17, 15) is 17.6 Å². The van der Waals surface area contributed by atoms with E-state index in [4.69, 9.17) is 15.0 Å². The average Bonchev–Trinajstić information content (AvgIpc) is 3.37. The summed E-state index contributed by atoms with van der Waals surface area (Å²) < 4.78 is 53.3. The van der Waals surface area contributed by atoms with E-state index in [-0.39, 0.29) is 24.6 Å². The molecule has 0 aliphatic heterocycles. The lowest BCUT2D eigenvalue weighted by molar-refractivity contribution is 0.0534. The van der Waals surface area contributed by atoms with Gasteiger partial charge >= 0.3 is 6.09 Å². The van der Waals surface area contributed by atoms with E-state index in [0.717, 1.165) is 9.87 Å².